The maximum atomic E-state index is 10.2. The second-order valence-corrected chi connectivity index (χ2v) is 2.77. The summed E-state index contributed by atoms with van der Waals surface area (Å²) in [4.78, 5) is 12.2. The molecular formula is C7H14N2O3. The molecule has 0 spiro atoms. The number of carbonyl (C=O) groups is 1. The Bertz CT molecular complexity index is 157. The van der Waals surface area contributed by atoms with Crippen LogP contribution in [0.2, 0.25) is 0 Å². The van der Waals surface area contributed by atoms with Crippen molar-refractivity contribution in [2.45, 2.75) is 13.2 Å². The Labute approximate surface area is 71.3 Å². The van der Waals surface area contributed by atoms with Gasteiger partial charge in [-0.15, -0.1) is 0 Å². The van der Waals surface area contributed by atoms with Gasteiger partial charge in [0.1, 0.15) is 0 Å². The number of piperazine rings is 1. The molecule has 1 unspecified atom stereocenters. The topological polar surface area (TPSA) is 61.8 Å². The van der Waals surface area contributed by atoms with Crippen LogP contribution in [0.4, 0.5) is 4.79 Å². The average Bonchev–Trinajstić information content (AvgIpc) is 2.05. The lowest BCUT2D eigenvalue weighted by Crippen LogP contribution is -2.48. The fourth-order valence-corrected chi connectivity index (χ4v) is 1.27. The Morgan fingerprint density at radius 2 is 2.17 bits per heavy atom. The highest BCUT2D eigenvalue weighted by atomic mass is 16.7. The standard InChI is InChI=1S/C7H14N2O3/c1-6(12-7(10)11)9-4-2-8-3-5-9/h6,8H,2-5H2,1H3,(H,10,11). The van der Waals surface area contributed by atoms with Gasteiger partial charge in [-0.05, 0) is 6.92 Å². The van der Waals surface area contributed by atoms with Gasteiger partial charge >= 0.3 is 6.16 Å². The Morgan fingerprint density at radius 3 is 2.67 bits per heavy atom. The van der Waals surface area contributed by atoms with Crippen molar-refractivity contribution in [3.63, 3.8) is 0 Å². The van der Waals surface area contributed by atoms with E-state index in [0.29, 0.717) is 0 Å². The summed E-state index contributed by atoms with van der Waals surface area (Å²) in [5.74, 6) is 0. The van der Waals surface area contributed by atoms with Gasteiger partial charge in [0.25, 0.3) is 0 Å². The molecule has 1 atom stereocenters. The van der Waals surface area contributed by atoms with E-state index in [1.54, 1.807) is 6.92 Å². The number of carboxylic acid groups (broad SMARTS) is 1. The van der Waals surface area contributed by atoms with Gasteiger partial charge in [-0.1, -0.05) is 0 Å². The first kappa shape index (κ1) is 9.28. The van der Waals surface area contributed by atoms with E-state index in [1.807, 2.05) is 4.90 Å². The van der Waals surface area contributed by atoms with Crippen molar-refractivity contribution in [2.24, 2.45) is 0 Å². The van der Waals surface area contributed by atoms with Gasteiger partial charge in [-0.25, -0.2) is 4.79 Å². The minimum absolute atomic E-state index is 0.329. The van der Waals surface area contributed by atoms with Crippen molar-refractivity contribution < 1.29 is 14.6 Å². The third kappa shape index (κ3) is 2.67. The zero-order valence-electron chi connectivity index (χ0n) is 7.12. The van der Waals surface area contributed by atoms with E-state index >= 15 is 0 Å². The van der Waals surface area contributed by atoms with Gasteiger partial charge in [0.2, 0.25) is 0 Å². The summed E-state index contributed by atoms with van der Waals surface area (Å²) >= 11 is 0. The lowest BCUT2D eigenvalue weighted by Gasteiger charge is -2.31. The minimum atomic E-state index is -1.21. The van der Waals surface area contributed by atoms with Crippen LogP contribution in [0.25, 0.3) is 0 Å². The molecule has 1 fully saturated rings. The largest absolute Gasteiger partial charge is 0.507 e. The lowest BCUT2D eigenvalue weighted by molar-refractivity contribution is -0.0291. The van der Waals surface area contributed by atoms with Gasteiger partial charge in [0.15, 0.2) is 6.23 Å². The van der Waals surface area contributed by atoms with E-state index in [4.69, 9.17) is 5.11 Å². The molecule has 5 nitrogen and oxygen atoms in total. The molecule has 1 saturated heterocycles. The molecule has 5 heteroatoms. The summed E-state index contributed by atoms with van der Waals surface area (Å²) < 4.78 is 4.60. The van der Waals surface area contributed by atoms with E-state index in [-0.39, 0.29) is 6.23 Å². The van der Waals surface area contributed by atoms with E-state index in [2.05, 4.69) is 10.1 Å². The van der Waals surface area contributed by atoms with E-state index in [1.165, 1.54) is 0 Å². The Morgan fingerprint density at radius 1 is 1.58 bits per heavy atom. The van der Waals surface area contributed by atoms with Crippen molar-refractivity contribution in [3.05, 3.63) is 0 Å². The minimum Gasteiger partial charge on any atom is -0.450 e. The van der Waals surface area contributed by atoms with Crippen LogP contribution in [-0.2, 0) is 4.74 Å². The molecule has 0 amide bonds. The van der Waals surface area contributed by atoms with Crippen molar-refractivity contribution in [1.82, 2.24) is 10.2 Å². The smallest absolute Gasteiger partial charge is 0.450 e. The second-order valence-electron chi connectivity index (χ2n) is 2.77. The normalized spacial score (nSPS) is 21.8. The van der Waals surface area contributed by atoms with Gasteiger partial charge in [-0.2, -0.15) is 0 Å². The molecule has 2 N–H and O–H groups in total. The number of hydrogen-bond acceptors (Lipinski definition) is 4. The zero-order chi connectivity index (χ0) is 8.97. The van der Waals surface area contributed by atoms with Crippen LogP contribution in [0.15, 0.2) is 0 Å². The quantitative estimate of drug-likeness (QED) is 0.574. The van der Waals surface area contributed by atoms with Crippen LogP contribution < -0.4 is 5.32 Å². The third-order valence-electron chi connectivity index (χ3n) is 1.94. The lowest BCUT2D eigenvalue weighted by atomic mass is 10.3. The first-order chi connectivity index (χ1) is 5.70. The summed E-state index contributed by atoms with van der Waals surface area (Å²) in [6.45, 7) is 5.23. The number of ether oxygens (including phenoxy) is 1. The van der Waals surface area contributed by atoms with Crippen molar-refractivity contribution >= 4 is 6.16 Å². The van der Waals surface area contributed by atoms with Crippen LogP contribution >= 0.6 is 0 Å². The van der Waals surface area contributed by atoms with Crippen molar-refractivity contribution in [1.29, 1.82) is 0 Å². The first-order valence-corrected chi connectivity index (χ1v) is 4.04. The predicted molar refractivity (Wildman–Crippen MR) is 43.0 cm³/mol. The highest BCUT2D eigenvalue weighted by Gasteiger charge is 2.18. The molecule has 70 valence electrons. The summed E-state index contributed by atoms with van der Waals surface area (Å²) in [7, 11) is 0. The molecule has 0 aromatic heterocycles. The van der Waals surface area contributed by atoms with E-state index in [0.717, 1.165) is 26.2 Å². The molecule has 0 aromatic rings. The van der Waals surface area contributed by atoms with Crippen LogP contribution in [-0.4, -0.2) is 48.6 Å². The number of rotatable bonds is 2. The van der Waals surface area contributed by atoms with E-state index in [9.17, 15) is 4.79 Å². The number of hydrogen-bond donors (Lipinski definition) is 2. The van der Waals surface area contributed by atoms with Crippen LogP contribution in [0.5, 0.6) is 0 Å². The maximum Gasteiger partial charge on any atom is 0.507 e. The molecule has 1 rings (SSSR count). The molecule has 0 saturated carbocycles. The average molecular weight is 174 g/mol. The van der Waals surface area contributed by atoms with Gasteiger partial charge in [0.05, 0.1) is 0 Å². The number of nitrogens with zero attached hydrogens (tertiary/aromatic N) is 1. The van der Waals surface area contributed by atoms with Crippen molar-refractivity contribution in [3.8, 4) is 0 Å². The van der Waals surface area contributed by atoms with Gasteiger partial charge < -0.3 is 15.2 Å². The van der Waals surface area contributed by atoms with Crippen LogP contribution in [0.3, 0.4) is 0 Å². The van der Waals surface area contributed by atoms with Gasteiger partial charge in [-0.3, -0.25) is 4.90 Å². The summed E-state index contributed by atoms with van der Waals surface area (Å²) in [5, 5.41) is 11.5. The Kier molecular flexibility index (Phi) is 3.31. The molecule has 1 heterocycles. The molecule has 0 aromatic carbocycles. The molecule has 1 aliphatic heterocycles. The summed E-state index contributed by atoms with van der Waals surface area (Å²) in [6, 6.07) is 0. The second kappa shape index (κ2) is 4.27. The zero-order valence-corrected chi connectivity index (χ0v) is 7.12. The van der Waals surface area contributed by atoms with Crippen LogP contribution in [0, 0.1) is 0 Å². The van der Waals surface area contributed by atoms with Crippen LogP contribution in [0.1, 0.15) is 6.92 Å². The monoisotopic (exact) mass is 174 g/mol. The summed E-state index contributed by atoms with van der Waals surface area (Å²) in [6.07, 6.45) is -1.54. The molecule has 0 bridgehead atoms. The fourth-order valence-electron chi connectivity index (χ4n) is 1.27. The molecular weight excluding hydrogens is 160 g/mol. The molecule has 12 heavy (non-hydrogen) atoms. The maximum absolute atomic E-state index is 10.2. The third-order valence-corrected chi connectivity index (χ3v) is 1.94. The highest BCUT2D eigenvalue weighted by molar-refractivity contribution is 5.56. The molecule has 1 aliphatic rings. The predicted octanol–water partition coefficient (Wildman–Crippen LogP) is -0.0678. The number of nitrogens with one attached hydrogen (secondary N) is 1. The Hall–Kier alpha value is -0.810. The molecule has 0 aliphatic carbocycles. The van der Waals surface area contributed by atoms with Crippen molar-refractivity contribution in [2.75, 3.05) is 26.2 Å². The fraction of sp³-hybridized carbons (Fsp3) is 0.857. The highest BCUT2D eigenvalue weighted by Crippen LogP contribution is 2.02. The molecule has 0 radical (unpaired) electrons. The Balaban J connectivity index is 2.29. The summed E-state index contributed by atoms with van der Waals surface area (Å²) in [5.41, 5.74) is 0. The van der Waals surface area contributed by atoms with Gasteiger partial charge in [0, 0.05) is 26.2 Å². The first-order valence-electron chi connectivity index (χ1n) is 4.04. The van der Waals surface area contributed by atoms with E-state index < -0.39 is 6.16 Å². The SMILES string of the molecule is CC(OC(=O)O)N1CCNCC1.